The normalized spacial score (nSPS) is 14.9. The topological polar surface area (TPSA) is 105 Å². The number of nitrogens with two attached hydrogens (primary N) is 2. The number of hydrogen-bond acceptors (Lipinski definition) is 6. The largest absolute Gasteiger partial charge is 0.415 e. The third kappa shape index (κ3) is 8.34. The third-order valence-corrected chi connectivity index (χ3v) is 5.62. The van der Waals surface area contributed by atoms with Crippen molar-refractivity contribution in [2.45, 2.75) is 26.2 Å². The van der Waals surface area contributed by atoms with Crippen molar-refractivity contribution in [1.29, 1.82) is 0 Å². The minimum Gasteiger partial charge on any atom is -0.409 e. The number of amides is 2. The van der Waals surface area contributed by atoms with E-state index in [1.54, 1.807) is 11.0 Å². The van der Waals surface area contributed by atoms with E-state index in [2.05, 4.69) is 4.99 Å². The molecular formula is C22H33FN5O3S+. The van der Waals surface area contributed by atoms with Crippen molar-refractivity contribution >= 4 is 35.0 Å². The Labute approximate surface area is 193 Å². The van der Waals surface area contributed by atoms with Gasteiger partial charge < -0.3 is 20.3 Å². The molecular weight excluding hydrogens is 433 g/mol. The quantitative estimate of drug-likeness (QED) is 0.381. The van der Waals surface area contributed by atoms with E-state index in [-0.39, 0.29) is 11.7 Å². The van der Waals surface area contributed by atoms with Crippen LogP contribution in [0.15, 0.2) is 28.1 Å². The molecule has 1 aromatic carbocycles. The van der Waals surface area contributed by atoms with E-state index in [0.717, 1.165) is 31.9 Å². The van der Waals surface area contributed by atoms with Crippen LogP contribution >= 0.6 is 11.8 Å². The van der Waals surface area contributed by atoms with Crippen molar-refractivity contribution < 1.29 is 24.0 Å². The zero-order chi connectivity index (χ0) is 23.5. The molecule has 176 valence electrons. The van der Waals surface area contributed by atoms with Crippen LogP contribution in [0, 0.1) is 5.82 Å². The predicted octanol–water partition coefficient (Wildman–Crippen LogP) is 1.87. The van der Waals surface area contributed by atoms with E-state index in [4.69, 9.17) is 10.5 Å². The van der Waals surface area contributed by atoms with Crippen molar-refractivity contribution in [3.63, 3.8) is 0 Å². The number of unbranched alkanes of at least 4 members (excludes halogenated alkanes) is 1. The molecule has 1 aromatic rings. The molecule has 1 aliphatic heterocycles. The van der Waals surface area contributed by atoms with Gasteiger partial charge in [0.25, 0.3) is 11.1 Å². The van der Waals surface area contributed by atoms with E-state index < -0.39 is 11.9 Å². The standard InChI is InChI=1S/C22H32FN5O3S/c1-4-11-28(13-12-27(2)3)22(30)31-18-15-17(23)8-7-16(18)14-19-20(29)26-21(32-19)25-10-6-5-9-24/h7-8,14-15H,4-6,9-13,24H2,1-3H3,(H,25,26,29)/p+1/b19-14+. The molecule has 8 nitrogen and oxygen atoms in total. The number of thioether (sulfide) groups is 1. The Kier molecular flexibility index (Phi) is 10.8. The first-order chi connectivity index (χ1) is 15.3. The molecule has 4 N–H and O–H groups in total. The number of hydrogen-bond donors (Lipinski definition) is 2. The van der Waals surface area contributed by atoms with E-state index in [1.807, 2.05) is 31.2 Å². The number of ether oxygens (including phenoxy) is 1. The van der Waals surface area contributed by atoms with Gasteiger partial charge in [-0.1, -0.05) is 6.92 Å². The number of carbonyl (C=O) groups excluding carboxylic acids is 2. The summed E-state index contributed by atoms with van der Waals surface area (Å²) in [6.07, 6.45) is 3.66. The SMILES string of the molecule is CCCN(CCN(C)C)C(=O)Oc1cc(F)ccc1/C=C1/SC([NH2+]CCCCN)=NC1=O. The summed E-state index contributed by atoms with van der Waals surface area (Å²) >= 11 is 1.25. The lowest BCUT2D eigenvalue weighted by molar-refractivity contribution is -0.534. The molecule has 1 heterocycles. The van der Waals surface area contributed by atoms with Gasteiger partial charge in [0.15, 0.2) is 0 Å². The fourth-order valence-corrected chi connectivity index (χ4v) is 3.80. The Morgan fingerprint density at radius 2 is 2.06 bits per heavy atom. The highest BCUT2D eigenvalue weighted by Crippen LogP contribution is 2.30. The Bertz CT molecular complexity index is 860. The minimum absolute atomic E-state index is 0.0715. The predicted molar refractivity (Wildman–Crippen MR) is 126 cm³/mol. The second-order valence-electron chi connectivity index (χ2n) is 7.69. The van der Waals surface area contributed by atoms with Gasteiger partial charge in [0.2, 0.25) is 0 Å². The van der Waals surface area contributed by atoms with Gasteiger partial charge in [-0.15, -0.1) is 4.99 Å². The summed E-state index contributed by atoms with van der Waals surface area (Å²) < 4.78 is 19.5. The lowest BCUT2D eigenvalue weighted by Crippen LogP contribution is -2.86. The fraction of sp³-hybridized carbons (Fsp3) is 0.500. The maximum atomic E-state index is 13.9. The second kappa shape index (κ2) is 13.3. The summed E-state index contributed by atoms with van der Waals surface area (Å²) in [5, 5.41) is 2.55. The average Bonchev–Trinajstić information content (AvgIpc) is 3.09. The van der Waals surface area contributed by atoms with Crippen molar-refractivity contribution in [1.82, 2.24) is 9.80 Å². The number of benzene rings is 1. The van der Waals surface area contributed by atoms with Gasteiger partial charge in [-0.25, -0.2) is 9.18 Å². The van der Waals surface area contributed by atoms with Gasteiger partial charge in [-0.3, -0.25) is 10.1 Å². The monoisotopic (exact) mass is 466 g/mol. The van der Waals surface area contributed by atoms with Gasteiger partial charge in [0.1, 0.15) is 11.6 Å². The van der Waals surface area contributed by atoms with Crippen LogP contribution < -0.4 is 15.8 Å². The summed E-state index contributed by atoms with van der Waals surface area (Å²) in [6.45, 7) is 5.11. The summed E-state index contributed by atoms with van der Waals surface area (Å²) in [5.74, 6) is -0.816. The number of rotatable bonds is 11. The first-order valence-electron chi connectivity index (χ1n) is 10.8. The molecule has 0 fully saturated rings. The molecule has 0 saturated carbocycles. The molecule has 0 spiro atoms. The molecule has 2 amide bonds. The Morgan fingerprint density at radius 3 is 2.75 bits per heavy atom. The van der Waals surface area contributed by atoms with Gasteiger partial charge in [-0.2, -0.15) is 0 Å². The maximum absolute atomic E-state index is 13.9. The van der Waals surface area contributed by atoms with Crippen molar-refractivity contribution in [2.24, 2.45) is 10.7 Å². The molecule has 0 unspecified atom stereocenters. The van der Waals surface area contributed by atoms with Gasteiger partial charge in [-0.05, 0) is 69.9 Å². The summed E-state index contributed by atoms with van der Waals surface area (Å²) in [6, 6.07) is 3.92. The summed E-state index contributed by atoms with van der Waals surface area (Å²) in [4.78, 5) is 33.1. The molecule has 0 saturated heterocycles. The van der Waals surface area contributed by atoms with E-state index >= 15 is 0 Å². The Morgan fingerprint density at radius 1 is 1.28 bits per heavy atom. The van der Waals surface area contributed by atoms with Crippen LogP contribution in [0.3, 0.4) is 0 Å². The highest BCUT2D eigenvalue weighted by Gasteiger charge is 2.26. The summed E-state index contributed by atoms with van der Waals surface area (Å²) in [5.41, 5.74) is 5.94. The lowest BCUT2D eigenvalue weighted by Gasteiger charge is -2.23. The molecule has 0 bridgehead atoms. The fourth-order valence-electron chi connectivity index (χ4n) is 2.93. The third-order valence-electron chi connectivity index (χ3n) is 4.64. The maximum Gasteiger partial charge on any atom is 0.415 e. The Balaban J connectivity index is 2.12. The van der Waals surface area contributed by atoms with Crippen LogP contribution in [-0.2, 0) is 4.79 Å². The van der Waals surface area contributed by atoms with Gasteiger partial charge in [0, 0.05) is 31.3 Å². The van der Waals surface area contributed by atoms with E-state index in [9.17, 15) is 14.0 Å². The molecule has 1 aliphatic rings. The number of likely N-dealkylation sites (N-methyl/N-ethyl adjacent to an activating group) is 1. The number of amidine groups is 1. The molecule has 0 aromatic heterocycles. The minimum atomic E-state index is -0.547. The van der Waals surface area contributed by atoms with Crippen molar-refractivity contribution in [2.75, 3.05) is 46.8 Å². The smallest absolute Gasteiger partial charge is 0.409 e. The molecule has 32 heavy (non-hydrogen) atoms. The highest BCUT2D eigenvalue weighted by atomic mass is 32.2. The number of quaternary nitrogens is 1. The zero-order valence-corrected chi connectivity index (χ0v) is 19.8. The van der Waals surface area contributed by atoms with Crippen LogP contribution in [0.4, 0.5) is 9.18 Å². The first kappa shape index (κ1) is 26.0. The molecule has 2 rings (SSSR count). The number of carbonyl (C=O) groups is 2. The number of halogens is 1. The lowest BCUT2D eigenvalue weighted by atomic mass is 10.2. The van der Waals surface area contributed by atoms with Gasteiger partial charge in [0.05, 0.1) is 11.4 Å². The number of nitrogens with zero attached hydrogens (tertiary/aromatic N) is 3. The van der Waals surface area contributed by atoms with Crippen LogP contribution in [0.1, 0.15) is 31.7 Å². The summed E-state index contributed by atoms with van der Waals surface area (Å²) in [7, 11) is 3.85. The second-order valence-corrected chi connectivity index (χ2v) is 8.76. The molecule has 10 heteroatoms. The van der Waals surface area contributed by atoms with Crippen LogP contribution in [0.2, 0.25) is 0 Å². The van der Waals surface area contributed by atoms with Crippen LogP contribution in [0.5, 0.6) is 5.75 Å². The Hall–Kier alpha value is -2.27. The average molecular weight is 467 g/mol. The van der Waals surface area contributed by atoms with Crippen LogP contribution in [-0.4, -0.2) is 73.8 Å². The zero-order valence-electron chi connectivity index (χ0n) is 19.0. The first-order valence-corrected chi connectivity index (χ1v) is 11.6. The molecule has 0 radical (unpaired) electrons. The highest BCUT2D eigenvalue weighted by molar-refractivity contribution is 8.18. The van der Waals surface area contributed by atoms with E-state index in [1.165, 1.54) is 23.9 Å². The number of aliphatic imine (C=N–C) groups is 1. The molecule has 0 aliphatic carbocycles. The van der Waals surface area contributed by atoms with Crippen LogP contribution in [0.25, 0.3) is 6.08 Å². The molecule has 0 atom stereocenters. The van der Waals surface area contributed by atoms with E-state index in [0.29, 0.717) is 41.8 Å². The van der Waals surface area contributed by atoms with Crippen molar-refractivity contribution in [3.8, 4) is 5.75 Å². The van der Waals surface area contributed by atoms with Crippen molar-refractivity contribution in [3.05, 3.63) is 34.5 Å². The van der Waals surface area contributed by atoms with Gasteiger partial charge >= 0.3 is 6.09 Å².